The van der Waals surface area contributed by atoms with E-state index in [0.717, 1.165) is 37.8 Å². The summed E-state index contributed by atoms with van der Waals surface area (Å²) in [5.74, 6) is -0.708. The maximum absolute atomic E-state index is 14.1. The second kappa shape index (κ2) is 8.63. The predicted octanol–water partition coefficient (Wildman–Crippen LogP) is 1.24. The van der Waals surface area contributed by atoms with E-state index in [4.69, 9.17) is 0 Å². The number of benzene rings is 1. The molecule has 0 aliphatic carbocycles. The fourth-order valence-electron chi connectivity index (χ4n) is 2.79. The number of nitrogens with one attached hydrogen (secondary N) is 2. The molecular weight excluding hydrogens is 393 g/mol. The fourth-order valence-corrected chi connectivity index (χ4v) is 4.92. The molecule has 0 bridgehead atoms. The Kier molecular flexibility index (Phi) is 7.63. The highest BCUT2D eigenvalue weighted by Crippen LogP contribution is 2.26. The highest BCUT2D eigenvalue weighted by Gasteiger charge is 2.30. The van der Waals surface area contributed by atoms with Crippen molar-refractivity contribution in [3.05, 3.63) is 24.0 Å². The summed E-state index contributed by atoms with van der Waals surface area (Å²) in [6.45, 7) is 1.50. The van der Waals surface area contributed by atoms with Crippen molar-refractivity contribution in [1.29, 1.82) is 0 Å². The van der Waals surface area contributed by atoms with Gasteiger partial charge >= 0.3 is 0 Å². The second-order valence-electron chi connectivity index (χ2n) is 5.94. The zero-order valence-electron chi connectivity index (χ0n) is 14.0. The number of nitrogens with zero attached hydrogens (tertiary/aromatic N) is 1. The summed E-state index contributed by atoms with van der Waals surface area (Å²) >= 11 is 0. The highest BCUT2D eigenvalue weighted by atomic mass is 35.5. The number of hydrogen-bond acceptors (Lipinski definition) is 5. The molecule has 2 rings (SSSR count). The van der Waals surface area contributed by atoms with Gasteiger partial charge in [0.1, 0.15) is 5.82 Å². The summed E-state index contributed by atoms with van der Waals surface area (Å²) in [5.41, 5.74) is -0.275. The topological polar surface area (TPSA) is 95.6 Å². The lowest BCUT2D eigenvalue weighted by atomic mass is 10.00. The number of piperidine rings is 1. The number of anilines is 1. The van der Waals surface area contributed by atoms with Gasteiger partial charge in [0.05, 0.1) is 16.8 Å². The average Bonchev–Trinajstić information content (AvgIpc) is 2.48. The van der Waals surface area contributed by atoms with Gasteiger partial charge in [0, 0.05) is 13.1 Å². The van der Waals surface area contributed by atoms with Crippen molar-refractivity contribution in [1.82, 2.24) is 9.62 Å². The van der Waals surface area contributed by atoms with Gasteiger partial charge in [-0.25, -0.2) is 21.2 Å². The van der Waals surface area contributed by atoms with Crippen molar-refractivity contribution in [2.75, 3.05) is 37.7 Å². The van der Waals surface area contributed by atoms with E-state index in [1.807, 2.05) is 11.8 Å². The molecule has 1 heterocycles. The Balaban J connectivity index is 0.00000312. The van der Waals surface area contributed by atoms with Crippen LogP contribution in [-0.4, -0.2) is 54.1 Å². The smallest absolute Gasteiger partial charge is 0.243 e. The molecule has 7 nitrogen and oxygen atoms in total. The zero-order chi connectivity index (χ0) is 18.0. The lowest BCUT2D eigenvalue weighted by Crippen LogP contribution is -2.42. The first kappa shape index (κ1) is 22.1. The molecule has 1 aliphatic rings. The normalized spacial score (nSPS) is 19.2. The molecule has 1 atom stereocenters. The van der Waals surface area contributed by atoms with Gasteiger partial charge in [0.15, 0.2) is 0 Å². The maximum atomic E-state index is 14.1. The first-order valence-corrected chi connectivity index (χ1v) is 10.9. The number of sulfonamides is 2. The third-order valence-corrected chi connectivity index (χ3v) is 6.30. The Morgan fingerprint density at radius 1 is 1.28 bits per heavy atom. The van der Waals surface area contributed by atoms with Crippen LogP contribution in [-0.2, 0) is 20.0 Å². The first-order chi connectivity index (χ1) is 11.1. The van der Waals surface area contributed by atoms with Crippen LogP contribution < -0.4 is 10.0 Å². The van der Waals surface area contributed by atoms with Crippen LogP contribution in [0.4, 0.5) is 10.1 Å². The molecule has 1 saturated heterocycles. The van der Waals surface area contributed by atoms with Gasteiger partial charge in [-0.3, -0.25) is 4.72 Å². The Morgan fingerprint density at radius 2 is 1.96 bits per heavy atom. The molecule has 1 fully saturated rings. The van der Waals surface area contributed by atoms with E-state index in [1.165, 1.54) is 10.4 Å². The van der Waals surface area contributed by atoms with Gasteiger partial charge in [-0.15, -0.1) is 12.4 Å². The molecule has 1 aromatic rings. The summed E-state index contributed by atoms with van der Waals surface area (Å²) in [6.07, 6.45) is 2.59. The van der Waals surface area contributed by atoms with Crippen LogP contribution in [0.5, 0.6) is 0 Å². The lowest BCUT2D eigenvalue weighted by Gasteiger charge is -2.31. The Morgan fingerprint density at radius 3 is 2.52 bits per heavy atom. The molecule has 1 aromatic carbocycles. The summed E-state index contributed by atoms with van der Waals surface area (Å²) in [6, 6.07) is 3.19. The number of halogens is 2. The lowest BCUT2D eigenvalue weighted by molar-refractivity contribution is 0.263. The van der Waals surface area contributed by atoms with E-state index in [9.17, 15) is 21.2 Å². The number of rotatable bonds is 6. The minimum Gasteiger partial charge on any atom is -0.319 e. The van der Waals surface area contributed by atoms with E-state index in [-0.39, 0.29) is 28.9 Å². The predicted molar refractivity (Wildman–Crippen MR) is 97.5 cm³/mol. The van der Waals surface area contributed by atoms with E-state index < -0.39 is 25.9 Å². The standard InChI is InChI=1S/C14H22FN3O4S2.ClH/c1-16-9-11-4-3-7-18(10-11)24(21,22)12-5-6-14(13(15)8-12)17-23(2,19)20;/h5-6,8,11,16-17H,3-4,7,9-10H2,1-2H3;1H. The monoisotopic (exact) mass is 415 g/mol. The summed E-state index contributed by atoms with van der Waals surface area (Å²) in [4.78, 5) is -0.177. The van der Waals surface area contributed by atoms with Crippen molar-refractivity contribution in [3.8, 4) is 0 Å². The molecule has 144 valence electrons. The van der Waals surface area contributed by atoms with Gasteiger partial charge in [0.2, 0.25) is 20.0 Å². The van der Waals surface area contributed by atoms with Crippen LogP contribution >= 0.6 is 12.4 Å². The number of hydrogen-bond donors (Lipinski definition) is 2. The quantitative estimate of drug-likeness (QED) is 0.728. The van der Waals surface area contributed by atoms with Crippen LogP contribution in [0.3, 0.4) is 0 Å². The first-order valence-electron chi connectivity index (χ1n) is 7.55. The Labute approximate surface area is 154 Å². The molecule has 0 radical (unpaired) electrons. The molecule has 1 unspecified atom stereocenters. The Hall–Kier alpha value is -0.940. The van der Waals surface area contributed by atoms with Crippen molar-refractivity contribution in [3.63, 3.8) is 0 Å². The fraction of sp³-hybridized carbons (Fsp3) is 0.571. The minimum atomic E-state index is -3.81. The summed E-state index contributed by atoms with van der Waals surface area (Å²) in [5, 5.41) is 3.04. The maximum Gasteiger partial charge on any atom is 0.243 e. The van der Waals surface area contributed by atoms with Gasteiger partial charge in [-0.05, 0) is 50.6 Å². The molecule has 0 spiro atoms. The second-order valence-corrected chi connectivity index (χ2v) is 9.63. The SMILES string of the molecule is CNCC1CCCN(S(=O)(=O)c2ccc(NS(C)(=O)=O)c(F)c2)C1.Cl. The van der Waals surface area contributed by atoms with E-state index >= 15 is 0 Å². The van der Waals surface area contributed by atoms with Gasteiger partial charge in [0.25, 0.3) is 0 Å². The zero-order valence-corrected chi connectivity index (χ0v) is 16.5. The molecule has 0 aromatic heterocycles. The van der Waals surface area contributed by atoms with E-state index in [2.05, 4.69) is 5.32 Å². The van der Waals surface area contributed by atoms with Gasteiger partial charge in [-0.2, -0.15) is 4.31 Å². The Bertz CT molecular complexity index is 800. The summed E-state index contributed by atoms with van der Waals surface area (Å²) in [7, 11) is -5.63. The molecule has 1 aliphatic heterocycles. The van der Waals surface area contributed by atoms with Crippen LogP contribution in [0.15, 0.2) is 23.1 Å². The largest absolute Gasteiger partial charge is 0.319 e. The summed E-state index contributed by atoms with van der Waals surface area (Å²) < 4.78 is 65.1. The third kappa shape index (κ3) is 5.78. The molecule has 0 saturated carbocycles. The molecule has 0 amide bonds. The van der Waals surface area contributed by atoms with E-state index in [0.29, 0.717) is 13.1 Å². The van der Waals surface area contributed by atoms with Crippen LogP contribution in [0.25, 0.3) is 0 Å². The molecule has 11 heteroatoms. The van der Waals surface area contributed by atoms with Crippen molar-refractivity contribution in [2.24, 2.45) is 5.92 Å². The van der Waals surface area contributed by atoms with E-state index in [1.54, 1.807) is 0 Å². The van der Waals surface area contributed by atoms with Gasteiger partial charge < -0.3 is 5.32 Å². The van der Waals surface area contributed by atoms with Gasteiger partial charge in [-0.1, -0.05) is 0 Å². The van der Waals surface area contributed by atoms with Crippen LogP contribution in [0.2, 0.25) is 0 Å². The van der Waals surface area contributed by atoms with Crippen molar-refractivity contribution < 1.29 is 21.2 Å². The molecule has 2 N–H and O–H groups in total. The third-order valence-electron chi connectivity index (χ3n) is 3.85. The average molecular weight is 416 g/mol. The van der Waals surface area contributed by atoms with Crippen LogP contribution in [0, 0.1) is 11.7 Å². The van der Waals surface area contributed by atoms with Crippen molar-refractivity contribution in [2.45, 2.75) is 17.7 Å². The molecular formula is C14H23ClFN3O4S2. The van der Waals surface area contributed by atoms with Crippen LogP contribution in [0.1, 0.15) is 12.8 Å². The minimum absolute atomic E-state index is 0. The van der Waals surface area contributed by atoms with Crippen molar-refractivity contribution >= 4 is 38.1 Å². The highest BCUT2D eigenvalue weighted by molar-refractivity contribution is 7.92. The molecule has 25 heavy (non-hydrogen) atoms.